The summed E-state index contributed by atoms with van der Waals surface area (Å²) in [7, 11) is 1.61. The van der Waals surface area contributed by atoms with Gasteiger partial charge in [-0.2, -0.15) is 12.6 Å². The first kappa shape index (κ1) is 8.69. The number of methoxy groups -OCH3 is 1. The first-order valence-electron chi connectivity index (χ1n) is 2.83. The molecule has 0 aromatic carbocycles. The fourth-order valence-electron chi connectivity index (χ4n) is 0.511. The first-order chi connectivity index (χ1) is 4.20. The zero-order valence-corrected chi connectivity index (χ0v) is 6.69. The molecule has 0 fully saturated rings. The third kappa shape index (κ3) is 4.21. The highest BCUT2D eigenvalue weighted by molar-refractivity contribution is 7.80. The molecule has 9 heavy (non-hydrogen) atoms. The van der Waals surface area contributed by atoms with Crippen LogP contribution in [0, 0.1) is 0 Å². The molecule has 54 valence electrons. The highest BCUT2D eigenvalue weighted by Crippen LogP contribution is 2.08. The molecular weight excluding hydrogens is 134 g/mol. The van der Waals surface area contributed by atoms with E-state index in [9.17, 15) is 0 Å². The van der Waals surface area contributed by atoms with Gasteiger partial charge >= 0.3 is 0 Å². The van der Waals surface area contributed by atoms with Gasteiger partial charge in [0.15, 0.2) is 0 Å². The summed E-state index contributed by atoms with van der Waals surface area (Å²) < 4.78 is 4.90. The summed E-state index contributed by atoms with van der Waals surface area (Å²) in [6, 6.07) is 0. The van der Waals surface area contributed by atoms with Crippen LogP contribution in [0.2, 0.25) is 0 Å². The lowest BCUT2D eigenvalue weighted by Gasteiger charge is -2.05. The summed E-state index contributed by atoms with van der Waals surface area (Å²) in [4.78, 5) is 0. The molecular formula is C6H13NOS. The summed E-state index contributed by atoms with van der Waals surface area (Å²) in [5.74, 6) is 0.789. The molecule has 1 atom stereocenters. The van der Waals surface area contributed by atoms with E-state index in [4.69, 9.17) is 10.5 Å². The summed E-state index contributed by atoms with van der Waals surface area (Å²) in [5.41, 5.74) is 5.21. The van der Waals surface area contributed by atoms with Gasteiger partial charge < -0.3 is 10.5 Å². The average molecular weight is 147 g/mol. The zero-order chi connectivity index (χ0) is 7.28. The number of ether oxygens (including phenoxy) is 1. The number of rotatable bonds is 3. The lowest BCUT2D eigenvalue weighted by atomic mass is 10.3. The monoisotopic (exact) mass is 147 g/mol. The topological polar surface area (TPSA) is 35.2 Å². The van der Waals surface area contributed by atoms with Crippen LogP contribution < -0.4 is 5.73 Å². The maximum absolute atomic E-state index is 5.21. The van der Waals surface area contributed by atoms with Crippen LogP contribution in [-0.2, 0) is 4.74 Å². The normalized spacial score (nSPS) is 15.2. The summed E-state index contributed by atoms with van der Waals surface area (Å²) in [6.07, 6.45) is 2.25. The molecule has 0 radical (unpaired) electrons. The molecule has 0 bridgehead atoms. The number of thiol groups is 1. The Hall–Kier alpha value is -0.310. The van der Waals surface area contributed by atoms with Gasteiger partial charge in [0.25, 0.3) is 0 Å². The van der Waals surface area contributed by atoms with Crippen LogP contribution in [0.5, 0.6) is 0 Å². The second-order valence-electron chi connectivity index (χ2n) is 1.89. The molecule has 0 saturated heterocycles. The van der Waals surface area contributed by atoms with Gasteiger partial charge in [-0.3, -0.25) is 0 Å². The van der Waals surface area contributed by atoms with Gasteiger partial charge in [0.05, 0.1) is 7.11 Å². The van der Waals surface area contributed by atoms with Crippen molar-refractivity contribution in [3.05, 3.63) is 12.0 Å². The molecule has 2 N–H and O–H groups in total. The Labute approximate surface area is 61.5 Å². The van der Waals surface area contributed by atoms with Crippen molar-refractivity contribution in [2.75, 3.05) is 7.11 Å². The molecule has 0 heterocycles. The largest absolute Gasteiger partial charge is 0.500 e. The molecule has 0 aliphatic heterocycles. The molecule has 0 saturated carbocycles. The highest BCUT2D eigenvalue weighted by Gasteiger charge is 1.98. The van der Waals surface area contributed by atoms with E-state index in [-0.39, 0.29) is 0 Å². The van der Waals surface area contributed by atoms with Crippen LogP contribution >= 0.6 is 12.6 Å². The SMILES string of the molecule is CO/C(=C/N)CC(C)S. The van der Waals surface area contributed by atoms with Crippen molar-refractivity contribution in [2.24, 2.45) is 5.73 Å². The molecule has 0 aliphatic carbocycles. The van der Waals surface area contributed by atoms with Crippen LogP contribution in [-0.4, -0.2) is 12.4 Å². The van der Waals surface area contributed by atoms with Crippen molar-refractivity contribution in [3.63, 3.8) is 0 Å². The minimum absolute atomic E-state index is 0.305. The van der Waals surface area contributed by atoms with E-state index in [0.29, 0.717) is 5.25 Å². The van der Waals surface area contributed by atoms with E-state index < -0.39 is 0 Å². The maximum atomic E-state index is 5.21. The fourth-order valence-corrected chi connectivity index (χ4v) is 0.691. The Bertz CT molecular complexity index is 101. The fraction of sp³-hybridized carbons (Fsp3) is 0.667. The molecule has 3 heteroatoms. The van der Waals surface area contributed by atoms with Gasteiger partial charge in [-0.25, -0.2) is 0 Å². The summed E-state index contributed by atoms with van der Waals surface area (Å²) >= 11 is 4.17. The van der Waals surface area contributed by atoms with E-state index >= 15 is 0 Å². The minimum Gasteiger partial charge on any atom is -0.500 e. The lowest BCUT2D eigenvalue weighted by Crippen LogP contribution is -1.98. The smallest absolute Gasteiger partial charge is 0.112 e. The van der Waals surface area contributed by atoms with Crippen LogP contribution in [0.3, 0.4) is 0 Å². The summed E-state index contributed by atoms with van der Waals surface area (Å²) in [5, 5.41) is 0.305. The Morgan fingerprint density at radius 1 is 1.89 bits per heavy atom. The number of hydrogen-bond acceptors (Lipinski definition) is 3. The third-order valence-corrected chi connectivity index (χ3v) is 1.13. The van der Waals surface area contributed by atoms with Gasteiger partial charge in [0, 0.05) is 17.9 Å². The third-order valence-electron chi connectivity index (χ3n) is 0.945. The van der Waals surface area contributed by atoms with E-state index in [1.807, 2.05) is 6.92 Å². The van der Waals surface area contributed by atoms with Crippen LogP contribution in [0.15, 0.2) is 12.0 Å². The predicted octanol–water partition coefficient (Wildman–Crippen LogP) is 1.14. The maximum Gasteiger partial charge on any atom is 0.112 e. The van der Waals surface area contributed by atoms with Crippen molar-refractivity contribution in [1.29, 1.82) is 0 Å². The van der Waals surface area contributed by atoms with E-state index in [1.54, 1.807) is 7.11 Å². The zero-order valence-electron chi connectivity index (χ0n) is 5.79. The minimum atomic E-state index is 0.305. The van der Waals surface area contributed by atoms with Crippen molar-refractivity contribution in [3.8, 4) is 0 Å². The van der Waals surface area contributed by atoms with E-state index in [1.165, 1.54) is 6.20 Å². The van der Waals surface area contributed by atoms with Crippen molar-refractivity contribution >= 4 is 12.6 Å². The number of hydrogen-bond donors (Lipinski definition) is 2. The molecule has 0 amide bonds. The van der Waals surface area contributed by atoms with E-state index in [2.05, 4.69) is 12.6 Å². The van der Waals surface area contributed by atoms with Gasteiger partial charge in [0.2, 0.25) is 0 Å². The van der Waals surface area contributed by atoms with E-state index in [0.717, 1.165) is 12.2 Å². The van der Waals surface area contributed by atoms with Crippen molar-refractivity contribution in [1.82, 2.24) is 0 Å². The quantitative estimate of drug-likeness (QED) is 0.464. The molecule has 2 nitrogen and oxygen atoms in total. The van der Waals surface area contributed by atoms with Crippen molar-refractivity contribution < 1.29 is 4.74 Å². The summed E-state index contributed by atoms with van der Waals surface area (Å²) in [6.45, 7) is 1.99. The van der Waals surface area contributed by atoms with Crippen molar-refractivity contribution in [2.45, 2.75) is 18.6 Å². The Morgan fingerprint density at radius 3 is 2.56 bits per heavy atom. The van der Waals surface area contributed by atoms with Crippen LogP contribution in [0.4, 0.5) is 0 Å². The molecule has 0 aliphatic rings. The molecule has 1 unspecified atom stereocenters. The molecule has 0 aromatic heterocycles. The number of nitrogens with two attached hydrogens (primary N) is 1. The van der Waals surface area contributed by atoms with Gasteiger partial charge in [0.1, 0.15) is 5.76 Å². The van der Waals surface area contributed by atoms with Gasteiger partial charge in [-0.15, -0.1) is 0 Å². The Kier molecular flexibility index (Phi) is 4.40. The van der Waals surface area contributed by atoms with Gasteiger partial charge in [-0.05, 0) is 0 Å². The second-order valence-corrected chi connectivity index (χ2v) is 2.77. The van der Waals surface area contributed by atoms with Crippen LogP contribution in [0.25, 0.3) is 0 Å². The molecule has 0 spiro atoms. The average Bonchev–Trinajstić information content (AvgIpc) is 1.82. The number of allylic oxidation sites excluding steroid dienone is 1. The van der Waals surface area contributed by atoms with Gasteiger partial charge in [-0.1, -0.05) is 6.92 Å². The molecule has 0 aromatic rings. The Morgan fingerprint density at radius 2 is 2.44 bits per heavy atom. The second kappa shape index (κ2) is 4.56. The molecule has 0 rings (SSSR count). The standard InChI is InChI=1S/C6H13NOS/c1-5(9)3-6(4-7)8-2/h4-5,9H,3,7H2,1-2H3/b6-4+. The highest BCUT2D eigenvalue weighted by atomic mass is 32.1. The van der Waals surface area contributed by atoms with Crippen LogP contribution in [0.1, 0.15) is 13.3 Å². The first-order valence-corrected chi connectivity index (χ1v) is 3.35. The lowest BCUT2D eigenvalue weighted by molar-refractivity contribution is 0.276. The predicted molar refractivity (Wildman–Crippen MR) is 42.3 cm³/mol. The Balaban J connectivity index is 3.58.